The van der Waals surface area contributed by atoms with Crippen molar-refractivity contribution in [3.63, 3.8) is 0 Å². The van der Waals surface area contributed by atoms with Gasteiger partial charge in [-0.15, -0.1) is 0 Å². The van der Waals surface area contributed by atoms with E-state index in [0.29, 0.717) is 19.1 Å². The number of hydrogen-bond acceptors (Lipinski definition) is 5. The van der Waals surface area contributed by atoms with Gasteiger partial charge in [0.15, 0.2) is 0 Å². The zero-order chi connectivity index (χ0) is 21.5. The predicted octanol–water partition coefficient (Wildman–Crippen LogP) is 5.07. The van der Waals surface area contributed by atoms with Gasteiger partial charge in [-0.05, 0) is 62.9 Å². The summed E-state index contributed by atoms with van der Waals surface area (Å²) >= 11 is 3.57. The first kappa shape index (κ1) is 20.3. The summed E-state index contributed by atoms with van der Waals surface area (Å²) in [5.74, 6) is 0.961. The van der Waals surface area contributed by atoms with Crippen molar-refractivity contribution in [3.05, 3.63) is 46.8 Å². The van der Waals surface area contributed by atoms with Crippen LogP contribution in [-0.2, 0) is 11.2 Å². The molecule has 0 unspecified atom stereocenters. The van der Waals surface area contributed by atoms with Crippen LogP contribution >= 0.6 is 15.9 Å². The van der Waals surface area contributed by atoms with Crippen LogP contribution in [-0.4, -0.2) is 51.3 Å². The number of piperidine rings is 1. The average molecular weight is 484 g/mol. The van der Waals surface area contributed by atoms with Gasteiger partial charge in [0.1, 0.15) is 17.8 Å². The lowest BCUT2D eigenvalue weighted by atomic mass is 10.1. The lowest BCUT2D eigenvalue weighted by Gasteiger charge is -2.32. The fraction of sp³-hybridized carbons (Fsp3) is 0.435. The number of halogens is 1. The van der Waals surface area contributed by atoms with Gasteiger partial charge in [0.25, 0.3) is 0 Å². The minimum atomic E-state index is -0.213. The quantitative estimate of drug-likeness (QED) is 0.520. The van der Waals surface area contributed by atoms with Crippen LogP contribution in [0.25, 0.3) is 11.0 Å². The van der Waals surface area contributed by atoms with Crippen molar-refractivity contribution in [2.24, 2.45) is 0 Å². The third-order valence-electron chi connectivity index (χ3n) is 6.13. The second-order valence-electron chi connectivity index (χ2n) is 8.48. The number of anilines is 2. The SMILES string of the molecule is CC(C)OC(=O)N1CCC(n2ccc3c(N4CCc5cc(Br)ccc54)ncnc32)CC1. The average Bonchev–Trinajstić information content (AvgIpc) is 3.37. The molecule has 0 radical (unpaired) electrons. The lowest BCUT2D eigenvalue weighted by molar-refractivity contribution is 0.0663. The number of likely N-dealkylation sites (tertiary alicyclic amines) is 1. The number of carbonyl (C=O) groups is 1. The number of fused-ring (bicyclic) bond motifs is 2. The van der Waals surface area contributed by atoms with E-state index in [1.807, 2.05) is 18.7 Å². The van der Waals surface area contributed by atoms with Gasteiger partial charge < -0.3 is 19.1 Å². The van der Waals surface area contributed by atoms with E-state index in [1.165, 1.54) is 11.3 Å². The van der Waals surface area contributed by atoms with E-state index >= 15 is 0 Å². The van der Waals surface area contributed by atoms with Crippen molar-refractivity contribution in [1.82, 2.24) is 19.4 Å². The highest BCUT2D eigenvalue weighted by Gasteiger charge is 2.28. The minimum Gasteiger partial charge on any atom is -0.447 e. The lowest BCUT2D eigenvalue weighted by Crippen LogP contribution is -2.40. The summed E-state index contributed by atoms with van der Waals surface area (Å²) in [6.45, 7) is 6.07. The summed E-state index contributed by atoms with van der Waals surface area (Å²) in [7, 11) is 0. The third kappa shape index (κ3) is 3.78. The smallest absolute Gasteiger partial charge is 0.410 e. The Morgan fingerprint density at radius 2 is 1.97 bits per heavy atom. The molecule has 5 rings (SSSR count). The molecule has 0 aliphatic carbocycles. The molecule has 1 fully saturated rings. The Balaban J connectivity index is 1.39. The Morgan fingerprint density at radius 3 is 2.74 bits per heavy atom. The summed E-state index contributed by atoms with van der Waals surface area (Å²) < 4.78 is 8.71. The van der Waals surface area contributed by atoms with E-state index in [9.17, 15) is 4.79 Å². The molecule has 0 saturated carbocycles. The van der Waals surface area contributed by atoms with Gasteiger partial charge in [-0.25, -0.2) is 14.8 Å². The summed E-state index contributed by atoms with van der Waals surface area (Å²) in [6, 6.07) is 8.87. The third-order valence-corrected chi connectivity index (χ3v) is 6.63. The molecule has 1 amide bonds. The standard InChI is InChI=1S/C23H26BrN5O2/c1-15(2)31-23(30)27-9-6-18(7-10-27)28-12-8-19-21(28)25-14-26-22(19)29-11-5-16-13-17(24)3-4-20(16)29/h3-4,8,12-15,18H,5-7,9-11H2,1-2H3. The van der Waals surface area contributed by atoms with Crippen molar-refractivity contribution in [1.29, 1.82) is 0 Å². The zero-order valence-electron chi connectivity index (χ0n) is 17.8. The van der Waals surface area contributed by atoms with Crippen LogP contribution in [0.15, 0.2) is 41.3 Å². The van der Waals surface area contributed by atoms with E-state index < -0.39 is 0 Å². The van der Waals surface area contributed by atoms with E-state index in [2.05, 4.69) is 65.8 Å². The largest absolute Gasteiger partial charge is 0.447 e. The second kappa shape index (κ2) is 8.15. The highest BCUT2D eigenvalue weighted by molar-refractivity contribution is 9.10. The minimum absolute atomic E-state index is 0.0921. The molecule has 2 aliphatic heterocycles. The molecule has 7 nitrogen and oxygen atoms in total. The Kier molecular flexibility index (Phi) is 5.33. The molecule has 0 bridgehead atoms. The number of rotatable bonds is 3. The van der Waals surface area contributed by atoms with Crippen LogP contribution in [0.1, 0.15) is 38.3 Å². The topological polar surface area (TPSA) is 63.5 Å². The summed E-state index contributed by atoms with van der Waals surface area (Å²) in [6.07, 6.45) is 6.26. The van der Waals surface area contributed by atoms with Crippen molar-refractivity contribution >= 4 is 44.6 Å². The van der Waals surface area contributed by atoms with Gasteiger partial charge >= 0.3 is 6.09 Å². The maximum absolute atomic E-state index is 12.2. The maximum atomic E-state index is 12.2. The number of amides is 1. The Morgan fingerprint density at radius 1 is 1.16 bits per heavy atom. The molecule has 31 heavy (non-hydrogen) atoms. The summed E-state index contributed by atoms with van der Waals surface area (Å²) in [5, 5.41) is 1.07. The van der Waals surface area contributed by atoms with Crippen molar-refractivity contribution in [2.45, 2.75) is 45.3 Å². The Bertz CT molecular complexity index is 1120. The van der Waals surface area contributed by atoms with Crippen LogP contribution in [0, 0.1) is 0 Å². The van der Waals surface area contributed by atoms with Gasteiger partial charge in [-0.2, -0.15) is 0 Å². The molecule has 1 aromatic carbocycles. The van der Waals surface area contributed by atoms with Gasteiger partial charge in [-0.3, -0.25) is 0 Å². The fourth-order valence-electron chi connectivity index (χ4n) is 4.66. The fourth-order valence-corrected chi connectivity index (χ4v) is 5.07. The van der Waals surface area contributed by atoms with Crippen LogP contribution < -0.4 is 4.90 Å². The monoisotopic (exact) mass is 483 g/mol. The zero-order valence-corrected chi connectivity index (χ0v) is 19.4. The van der Waals surface area contributed by atoms with Gasteiger partial charge in [0.05, 0.1) is 11.5 Å². The molecular formula is C23H26BrN5O2. The molecule has 4 heterocycles. The van der Waals surface area contributed by atoms with Crippen molar-refractivity contribution in [3.8, 4) is 0 Å². The van der Waals surface area contributed by atoms with E-state index in [4.69, 9.17) is 4.74 Å². The van der Waals surface area contributed by atoms with E-state index in [1.54, 1.807) is 6.33 Å². The number of aromatic nitrogens is 3. The predicted molar refractivity (Wildman–Crippen MR) is 124 cm³/mol. The van der Waals surface area contributed by atoms with Gasteiger partial charge in [0, 0.05) is 42.0 Å². The summed E-state index contributed by atoms with van der Waals surface area (Å²) in [5.41, 5.74) is 3.51. The molecule has 0 spiro atoms. The maximum Gasteiger partial charge on any atom is 0.410 e. The van der Waals surface area contributed by atoms with E-state index in [0.717, 1.165) is 47.1 Å². The molecule has 0 N–H and O–H groups in total. The number of nitrogens with zero attached hydrogens (tertiary/aromatic N) is 5. The number of ether oxygens (including phenoxy) is 1. The molecule has 2 aromatic heterocycles. The van der Waals surface area contributed by atoms with Crippen molar-refractivity contribution in [2.75, 3.05) is 24.5 Å². The number of benzene rings is 1. The highest BCUT2D eigenvalue weighted by Crippen LogP contribution is 2.38. The first-order valence-corrected chi connectivity index (χ1v) is 11.6. The Labute approximate surface area is 190 Å². The van der Waals surface area contributed by atoms with Crippen LogP contribution in [0.5, 0.6) is 0 Å². The first-order valence-electron chi connectivity index (χ1n) is 10.8. The van der Waals surface area contributed by atoms with Crippen LogP contribution in [0.3, 0.4) is 0 Å². The second-order valence-corrected chi connectivity index (χ2v) is 9.40. The normalized spacial score (nSPS) is 16.9. The van der Waals surface area contributed by atoms with Gasteiger partial charge in [-0.1, -0.05) is 15.9 Å². The highest BCUT2D eigenvalue weighted by atomic mass is 79.9. The van der Waals surface area contributed by atoms with E-state index in [-0.39, 0.29) is 12.2 Å². The molecule has 3 aromatic rings. The molecule has 0 atom stereocenters. The number of carbonyl (C=O) groups excluding carboxylic acids is 1. The molecule has 162 valence electrons. The summed E-state index contributed by atoms with van der Waals surface area (Å²) in [4.78, 5) is 25.6. The van der Waals surface area contributed by atoms with Crippen LogP contribution in [0.2, 0.25) is 0 Å². The van der Waals surface area contributed by atoms with Crippen molar-refractivity contribution < 1.29 is 9.53 Å². The Hall–Kier alpha value is -2.61. The molecule has 2 aliphatic rings. The number of hydrogen-bond donors (Lipinski definition) is 0. The van der Waals surface area contributed by atoms with Gasteiger partial charge in [0.2, 0.25) is 0 Å². The molecule has 8 heteroatoms. The van der Waals surface area contributed by atoms with Crippen LogP contribution in [0.4, 0.5) is 16.3 Å². The molecular weight excluding hydrogens is 458 g/mol. The molecule has 1 saturated heterocycles. The first-order chi connectivity index (χ1) is 15.0.